The van der Waals surface area contributed by atoms with Crippen LogP contribution in [-0.2, 0) is 35.7 Å². The zero-order valence-corrected chi connectivity index (χ0v) is 27.9. The van der Waals surface area contributed by atoms with Crippen LogP contribution in [0.15, 0.2) is 48.5 Å². The number of carbonyl (C=O) groups is 5. The zero-order chi connectivity index (χ0) is 34.4. The SMILES string of the molecule is CC(=O)N1[C@H](CC23CC4CC(CC(C4)C2)C3)C(=O)N(Cc2ccccc2F)c2ccccc2C(=O)C[C@H]1C(=O)NCC(=O)NS(C)(=O)=O. The van der Waals surface area contributed by atoms with Crippen LogP contribution in [-0.4, -0.2) is 67.6 Å². The van der Waals surface area contributed by atoms with Crippen LogP contribution in [0.1, 0.15) is 74.2 Å². The first kappa shape index (κ1) is 33.8. The van der Waals surface area contributed by atoms with Crippen molar-refractivity contribution in [2.45, 2.75) is 76.9 Å². The summed E-state index contributed by atoms with van der Waals surface area (Å²) in [5.41, 5.74) is 0.360. The summed E-state index contributed by atoms with van der Waals surface area (Å²) >= 11 is 0. The largest absolute Gasteiger partial charge is 0.345 e. The maximum absolute atomic E-state index is 15.1. The van der Waals surface area contributed by atoms with Crippen LogP contribution in [0.5, 0.6) is 0 Å². The Bertz CT molecular complexity index is 1730. The van der Waals surface area contributed by atoms with E-state index >= 15 is 9.18 Å². The molecular weight excluding hydrogens is 639 g/mol. The molecule has 5 aliphatic rings. The summed E-state index contributed by atoms with van der Waals surface area (Å²) in [7, 11) is -3.90. The number of anilines is 1. The highest BCUT2D eigenvalue weighted by molar-refractivity contribution is 7.89. The molecule has 4 fully saturated rings. The van der Waals surface area contributed by atoms with Gasteiger partial charge in [-0.2, -0.15) is 0 Å². The van der Waals surface area contributed by atoms with Crippen molar-refractivity contribution < 1.29 is 36.8 Å². The third-order valence-electron chi connectivity index (χ3n) is 10.6. The van der Waals surface area contributed by atoms with Gasteiger partial charge >= 0.3 is 0 Å². The summed E-state index contributed by atoms with van der Waals surface area (Å²) < 4.78 is 40.0. The smallest absolute Gasteiger partial charge is 0.252 e. The molecule has 0 aromatic heterocycles. The van der Waals surface area contributed by atoms with E-state index in [0.29, 0.717) is 17.8 Å². The fraction of sp³-hybridized carbons (Fsp3) is 0.514. The van der Waals surface area contributed by atoms with Crippen LogP contribution >= 0.6 is 0 Å². The Kier molecular flexibility index (Phi) is 9.18. The topological polar surface area (TPSA) is 150 Å². The number of hydrogen-bond acceptors (Lipinski definition) is 7. The lowest BCUT2D eigenvalue weighted by Crippen LogP contribution is -2.61. The molecule has 1 aliphatic heterocycles. The Morgan fingerprint density at radius 1 is 0.938 bits per heavy atom. The van der Waals surface area contributed by atoms with Gasteiger partial charge in [-0.3, -0.25) is 28.7 Å². The number of ketones is 1. The van der Waals surface area contributed by atoms with Crippen LogP contribution in [0.3, 0.4) is 0 Å². The summed E-state index contributed by atoms with van der Waals surface area (Å²) in [4.78, 5) is 71.6. The molecule has 4 aliphatic carbocycles. The van der Waals surface area contributed by atoms with Crippen molar-refractivity contribution >= 4 is 45.1 Å². The van der Waals surface area contributed by atoms with E-state index in [1.165, 1.54) is 28.9 Å². The van der Waals surface area contributed by atoms with Crippen molar-refractivity contribution in [1.82, 2.24) is 14.9 Å². The highest BCUT2D eigenvalue weighted by Gasteiger charge is 2.54. The van der Waals surface area contributed by atoms with Crippen molar-refractivity contribution in [2.24, 2.45) is 23.2 Å². The quantitative estimate of drug-likeness (QED) is 0.435. The van der Waals surface area contributed by atoms with Gasteiger partial charge in [0.15, 0.2) is 5.78 Å². The van der Waals surface area contributed by atoms with Crippen LogP contribution in [0.2, 0.25) is 0 Å². The summed E-state index contributed by atoms with van der Waals surface area (Å²) in [6, 6.07) is 9.85. The molecule has 4 amide bonds. The second-order valence-electron chi connectivity index (χ2n) is 14.3. The lowest BCUT2D eigenvalue weighted by atomic mass is 9.48. The van der Waals surface area contributed by atoms with Crippen molar-refractivity contribution in [2.75, 3.05) is 17.7 Å². The first-order chi connectivity index (χ1) is 22.7. The molecule has 1 heterocycles. The van der Waals surface area contributed by atoms with Crippen LogP contribution in [0.25, 0.3) is 0 Å². The molecule has 7 rings (SSSR count). The molecular formula is C35H41FN4O7S. The van der Waals surface area contributed by atoms with Gasteiger partial charge in [-0.1, -0.05) is 30.3 Å². The number of nitrogens with zero attached hydrogens (tertiary/aromatic N) is 2. The number of benzene rings is 2. The molecule has 2 aromatic rings. The number of amides is 4. The fourth-order valence-corrected chi connectivity index (χ4v) is 9.73. The van der Waals surface area contributed by atoms with Gasteiger partial charge < -0.3 is 15.1 Å². The highest BCUT2D eigenvalue weighted by atomic mass is 32.2. The molecule has 0 unspecified atom stereocenters. The number of halogens is 1. The van der Waals surface area contributed by atoms with Crippen LogP contribution in [0.4, 0.5) is 10.1 Å². The third-order valence-corrected chi connectivity index (χ3v) is 11.2. The Morgan fingerprint density at radius 2 is 1.54 bits per heavy atom. The minimum absolute atomic E-state index is 0.133. The highest BCUT2D eigenvalue weighted by Crippen LogP contribution is 2.62. The Hall–Kier alpha value is -4.13. The number of rotatable bonds is 8. The molecule has 2 atom stereocenters. The van der Waals surface area contributed by atoms with Crippen LogP contribution in [0, 0.1) is 29.0 Å². The molecule has 2 aromatic carbocycles. The molecule has 48 heavy (non-hydrogen) atoms. The molecule has 4 bridgehead atoms. The van der Waals surface area contributed by atoms with Gasteiger partial charge in [-0.05, 0) is 86.3 Å². The molecule has 256 valence electrons. The lowest BCUT2D eigenvalue weighted by molar-refractivity contribution is -0.149. The number of nitrogens with one attached hydrogen (secondary N) is 2. The summed E-state index contributed by atoms with van der Waals surface area (Å²) in [5, 5.41) is 2.39. The first-order valence-electron chi connectivity index (χ1n) is 16.5. The monoisotopic (exact) mass is 680 g/mol. The van der Waals surface area contributed by atoms with Gasteiger partial charge in [0.2, 0.25) is 27.7 Å². The summed E-state index contributed by atoms with van der Waals surface area (Å²) in [5.74, 6) is -2.49. The first-order valence-corrected chi connectivity index (χ1v) is 18.4. The van der Waals surface area contributed by atoms with E-state index in [0.717, 1.165) is 44.8 Å². The minimum Gasteiger partial charge on any atom is -0.345 e. The summed E-state index contributed by atoms with van der Waals surface area (Å²) in [6.07, 6.45) is 6.74. The number of sulfonamides is 1. The predicted octanol–water partition coefficient (Wildman–Crippen LogP) is 3.33. The maximum atomic E-state index is 15.1. The number of carbonyl (C=O) groups excluding carboxylic acids is 5. The lowest BCUT2D eigenvalue weighted by Gasteiger charge is -2.58. The molecule has 0 radical (unpaired) electrons. The van der Waals surface area contributed by atoms with E-state index in [4.69, 9.17) is 0 Å². The van der Waals surface area contributed by atoms with Crippen LogP contribution < -0.4 is 14.9 Å². The van der Waals surface area contributed by atoms with Crippen molar-refractivity contribution in [3.05, 3.63) is 65.5 Å². The van der Waals surface area contributed by atoms with E-state index in [1.54, 1.807) is 41.1 Å². The normalized spacial score (nSPS) is 28.3. The minimum atomic E-state index is -3.90. The summed E-state index contributed by atoms with van der Waals surface area (Å²) in [6.45, 7) is 0.306. The molecule has 11 nitrogen and oxygen atoms in total. The third kappa shape index (κ3) is 7.01. The predicted molar refractivity (Wildman–Crippen MR) is 174 cm³/mol. The molecule has 2 N–H and O–H groups in total. The van der Waals surface area contributed by atoms with Crippen molar-refractivity contribution in [3.63, 3.8) is 0 Å². The Balaban J connectivity index is 1.44. The number of Topliss-reactive ketones (excluding diaryl/α,β-unsaturated/α-hetero) is 1. The molecule has 0 spiro atoms. The van der Waals surface area contributed by atoms with Crippen molar-refractivity contribution in [3.8, 4) is 0 Å². The van der Waals surface area contributed by atoms with Gasteiger partial charge in [0.25, 0.3) is 5.91 Å². The Morgan fingerprint density at radius 3 is 2.15 bits per heavy atom. The fourth-order valence-electron chi connectivity index (χ4n) is 9.25. The molecule has 4 saturated carbocycles. The van der Waals surface area contributed by atoms with E-state index in [1.807, 2.05) is 0 Å². The average molecular weight is 681 g/mol. The number of fused-ring (bicyclic) bond motifs is 1. The van der Waals surface area contributed by atoms with Gasteiger partial charge in [0.05, 0.1) is 25.0 Å². The average Bonchev–Trinajstić information content (AvgIpc) is 3.03. The Labute approximate surface area is 279 Å². The number of hydrogen-bond donors (Lipinski definition) is 2. The molecule has 0 saturated heterocycles. The van der Waals surface area contributed by atoms with Crippen molar-refractivity contribution in [1.29, 1.82) is 0 Å². The van der Waals surface area contributed by atoms with Gasteiger partial charge in [-0.25, -0.2) is 12.8 Å². The standard InChI is InChI=1S/C35H41FN4O7S/c1-21(41)40-29(33(44)37-19-32(43)38-48(2,46)47)14-31(42)26-8-4-6-10-28(26)39(20-25-7-3-5-9-27(25)36)34(45)30(40)18-35-15-22-11-23(16-35)13-24(12-22)17-35/h3-10,22-24,29-30H,11-20H2,1-2H3,(H,37,44)(H,38,43)/t22?,23?,24?,29-,30+,35?/m0/s1. The van der Waals surface area contributed by atoms with Gasteiger partial charge in [0.1, 0.15) is 17.9 Å². The van der Waals surface area contributed by atoms with Gasteiger partial charge in [0, 0.05) is 24.5 Å². The van der Waals surface area contributed by atoms with E-state index in [2.05, 4.69) is 5.32 Å². The van der Waals surface area contributed by atoms with E-state index in [9.17, 15) is 27.6 Å². The van der Waals surface area contributed by atoms with E-state index in [-0.39, 0.29) is 35.2 Å². The number of para-hydroxylation sites is 1. The zero-order valence-electron chi connectivity index (χ0n) is 27.1. The second kappa shape index (κ2) is 13.1. The maximum Gasteiger partial charge on any atom is 0.252 e. The molecule has 13 heteroatoms. The second-order valence-corrected chi connectivity index (χ2v) is 16.0. The van der Waals surface area contributed by atoms with E-state index < -0.39 is 70.3 Å². The van der Waals surface area contributed by atoms with Gasteiger partial charge in [-0.15, -0.1) is 0 Å².